The molecule has 0 aliphatic rings. The summed E-state index contributed by atoms with van der Waals surface area (Å²) < 4.78 is 1.61. The first-order valence-electron chi connectivity index (χ1n) is 5.33. The Morgan fingerprint density at radius 2 is 2.06 bits per heavy atom. The molecule has 4 nitrogen and oxygen atoms in total. The normalized spacial score (nSPS) is 12.2. The summed E-state index contributed by atoms with van der Waals surface area (Å²) in [6.07, 6.45) is 1.40. The second kappa shape index (κ2) is 5.83. The van der Waals surface area contributed by atoms with Crippen LogP contribution in [0.3, 0.4) is 0 Å². The number of nitrogens with zero attached hydrogens (tertiary/aromatic N) is 1. The Kier molecular flexibility index (Phi) is 4.39. The van der Waals surface area contributed by atoms with E-state index in [1.54, 1.807) is 0 Å². The van der Waals surface area contributed by atoms with Crippen LogP contribution < -0.4 is 10.9 Å². The molecule has 1 unspecified atom stereocenters. The van der Waals surface area contributed by atoms with Gasteiger partial charge in [-0.15, -0.1) is 0 Å². The van der Waals surface area contributed by atoms with E-state index in [0.29, 0.717) is 9.39 Å². The molecule has 1 aromatic heterocycles. The predicted molar refractivity (Wildman–Crippen MR) is 83.8 cm³/mol. The van der Waals surface area contributed by atoms with Crippen LogP contribution in [0.4, 0.5) is 5.82 Å². The molecule has 1 aromatic carbocycles. The van der Waals surface area contributed by atoms with Crippen molar-refractivity contribution >= 4 is 44.3 Å². The van der Waals surface area contributed by atoms with Crippen LogP contribution in [0.2, 0.25) is 0 Å². The minimum atomic E-state index is -0.129. The maximum atomic E-state index is 11.5. The van der Waals surface area contributed by atoms with Crippen LogP contribution in [-0.2, 0) is 0 Å². The maximum Gasteiger partial charge on any atom is 0.266 e. The maximum absolute atomic E-state index is 11.5. The first kappa shape index (κ1) is 13.5. The first-order valence-corrected chi connectivity index (χ1v) is 7.20. The van der Waals surface area contributed by atoms with E-state index in [4.69, 9.17) is 0 Å². The molecule has 0 saturated carbocycles. The van der Waals surface area contributed by atoms with Crippen molar-refractivity contribution < 1.29 is 0 Å². The van der Waals surface area contributed by atoms with Gasteiger partial charge in [0, 0.05) is 10.5 Å². The average Bonchev–Trinajstić information content (AvgIpc) is 2.36. The molecule has 0 aliphatic heterocycles. The van der Waals surface area contributed by atoms with Crippen molar-refractivity contribution in [3.63, 3.8) is 0 Å². The third kappa shape index (κ3) is 3.11. The molecule has 2 rings (SSSR count). The Bertz CT molecular complexity index is 597. The van der Waals surface area contributed by atoms with Gasteiger partial charge in [0.15, 0.2) is 0 Å². The number of anilines is 1. The van der Waals surface area contributed by atoms with Gasteiger partial charge in [0.05, 0.1) is 6.33 Å². The van der Waals surface area contributed by atoms with E-state index in [1.165, 1.54) is 6.33 Å². The number of hydrogen-bond acceptors (Lipinski definition) is 3. The van der Waals surface area contributed by atoms with E-state index in [0.717, 1.165) is 10.0 Å². The summed E-state index contributed by atoms with van der Waals surface area (Å²) >= 11 is 5.39. The topological polar surface area (TPSA) is 57.8 Å². The lowest BCUT2D eigenvalue weighted by molar-refractivity contribution is 0.867. The summed E-state index contributed by atoms with van der Waals surface area (Å²) in [5.74, 6) is 0.606. The van der Waals surface area contributed by atoms with Crippen LogP contribution in [0.1, 0.15) is 18.5 Å². The number of halogens is 2. The molecule has 0 fully saturated rings. The van der Waals surface area contributed by atoms with Gasteiger partial charge >= 0.3 is 0 Å². The van der Waals surface area contributed by atoms with E-state index >= 15 is 0 Å². The number of rotatable bonds is 3. The molecule has 0 spiro atoms. The van der Waals surface area contributed by atoms with Crippen molar-refractivity contribution in [3.05, 3.63) is 54.6 Å². The molecule has 0 saturated heterocycles. The lowest BCUT2D eigenvalue weighted by Gasteiger charge is -2.15. The van der Waals surface area contributed by atoms with E-state index < -0.39 is 0 Å². The third-order valence-corrected chi connectivity index (χ3v) is 4.05. The number of H-pyrrole nitrogens is 1. The lowest BCUT2D eigenvalue weighted by Crippen LogP contribution is -2.16. The fourth-order valence-electron chi connectivity index (χ4n) is 1.52. The van der Waals surface area contributed by atoms with Crippen molar-refractivity contribution in [1.29, 1.82) is 0 Å². The molecular formula is C12H11BrIN3O. The van der Waals surface area contributed by atoms with Crippen molar-refractivity contribution in [1.82, 2.24) is 9.97 Å². The summed E-state index contributed by atoms with van der Waals surface area (Å²) in [5.41, 5.74) is 1.01. The molecule has 6 heteroatoms. The number of benzene rings is 1. The largest absolute Gasteiger partial charge is 0.362 e. The van der Waals surface area contributed by atoms with Crippen LogP contribution in [0.25, 0.3) is 0 Å². The zero-order valence-electron chi connectivity index (χ0n) is 9.58. The van der Waals surface area contributed by atoms with Crippen molar-refractivity contribution in [3.8, 4) is 0 Å². The minimum absolute atomic E-state index is 0.0842. The van der Waals surface area contributed by atoms with Crippen LogP contribution in [-0.4, -0.2) is 9.97 Å². The van der Waals surface area contributed by atoms with Gasteiger partial charge in [0.1, 0.15) is 9.39 Å². The highest BCUT2D eigenvalue weighted by molar-refractivity contribution is 14.1. The lowest BCUT2D eigenvalue weighted by atomic mass is 10.1. The predicted octanol–water partition coefficient (Wildman–Crippen LogP) is 3.31. The number of aromatic nitrogens is 2. The molecule has 0 bridgehead atoms. The van der Waals surface area contributed by atoms with Crippen molar-refractivity contribution in [2.75, 3.05) is 5.32 Å². The van der Waals surface area contributed by atoms with Gasteiger partial charge in [-0.1, -0.05) is 28.1 Å². The van der Waals surface area contributed by atoms with Crippen LogP contribution >= 0.6 is 38.5 Å². The Labute approximate surface area is 126 Å². The fourth-order valence-corrected chi connectivity index (χ4v) is 2.24. The molecular weight excluding hydrogens is 409 g/mol. The van der Waals surface area contributed by atoms with Gasteiger partial charge in [-0.3, -0.25) is 4.79 Å². The van der Waals surface area contributed by atoms with E-state index in [9.17, 15) is 4.79 Å². The highest BCUT2D eigenvalue weighted by atomic mass is 127. The van der Waals surface area contributed by atoms with Gasteiger partial charge < -0.3 is 10.3 Å². The van der Waals surface area contributed by atoms with Gasteiger partial charge in [0.2, 0.25) is 0 Å². The van der Waals surface area contributed by atoms with Crippen LogP contribution in [0.15, 0.2) is 39.9 Å². The molecule has 0 amide bonds. The Balaban J connectivity index is 2.21. The third-order valence-electron chi connectivity index (χ3n) is 2.52. The molecule has 0 aliphatic carbocycles. The van der Waals surface area contributed by atoms with Crippen LogP contribution in [0, 0.1) is 3.57 Å². The summed E-state index contributed by atoms with van der Waals surface area (Å²) in [6, 6.07) is 8.12. The Morgan fingerprint density at radius 1 is 1.39 bits per heavy atom. The highest BCUT2D eigenvalue weighted by Crippen LogP contribution is 2.21. The SMILES string of the molecule is CC(Nc1nc[nH]c(=O)c1I)c1ccc(Br)cc1. The molecule has 2 N–H and O–H groups in total. The number of aromatic amines is 1. The monoisotopic (exact) mass is 419 g/mol. The molecule has 94 valence electrons. The Hall–Kier alpha value is -0.890. The van der Waals surface area contributed by atoms with E-state index in [2.05, 4.69) is 31.2 Å². The second-order valence-corrected chi connectivity index (χ2v) is 5.81. The summed E-state index contributed by atoms with van der Waals surface area (Å²) in [5, 5.41) is 3.23. The molecule has 2 aromatic rings. The van der Waals surface area contributed by atoms with Gasteiger partial charge in [-0.2, -0.15) is 0 Å². The number of nitrogens with one attached hydrogen (secondary N) is 2. The number of hydrogen-bond donors (Lipinski definition) is 2. The first-order chi connectivity index (χ1) is 8.58. The Morgan fingerprint density at radius 3 is 2.72 bits per heavy atom. The molecule has 18 heavy (non-hydrogen) atoms. The van der Waals surface area contributed by atoms with Gasteiger partial charge in [-0.05, 0) is 47.2 Å². The van der Waals surface area contributed by atoms with Gasteiger partial charge in [-0.25, -0.2) is 4.98 Å². The molecule has 1 heterocycles. The summed E-state index contributed by atoms with van der Waals surface area (Å²) in [4.78, 5) is 18.1. The van der Waals surface area contributed by atoms with Crippen molar-refractivity contribution in [2.45, 2.75) is 13.0 Å². The quantitative estimate of drug-likeness (QED) is 0.750. The van der Waals surface area contributed by atoms with Crippen molar-refractivity contribution in [2.24, 2.45) is 0 Å². The zero-order valence-corrected chi connectivity index (χ0v) is 13.3. The van der Waals surface area contributed by atoms with E-state index in [1.807, 2.05) is 53.8 Å². The minimum Gasteiger partial charge on any atom is -0.362 e. The highest BCUT2D eigenvalue weighted by Gasteiger charge is 2.10. The van der Waals surface area contributed by atoms with Gasteiger partial charge in [0.25, 0.3) is 5.56 Å². The molecule has 1 atom stereocenters. The second-order valence-electron chi connectivity index (χ2n) is 3.81. The fraction of sp³-hybridized carbons (Fsp3) is 0.167. The summed E-state index contributed by atoms with van der Waals surface area (Å²) in [7, 11) is 0. The summed E-state index contributed by atoms with van der Waals surface area (Å²) in [6.45, 7) is 2.03. The van der Waals surface area contributed by atoms with Crippen LogP contribution in [0.5, 0.6) is 0 Å². The average molecular weight is 420 g/mol. The standard InChI is InChI=1S/C12H11BrIN3O/c1-7(8-2-4-9(13)5-3-8)17-11-10(14)12(18)16-6-15-11/h2-7H,1H3,(H2,15,16,17,18). The smallest absolute Gasteiger partial charge is 0.266 e. The zero-order chi connectivity index (χ0) is 13.1. The van der Waals surface area contributed by atoms with E-state index in [-0.39, 0.29) is 11.6 Å². The molecule has 0 radical (unpaired) electrons.